The minimum absolute atomic E-state index is 0.293. The van der Waals surface area contributed by atoms with Crippen LogP contribution in [0, 0.1) is 0 Å². The van der Waals surface area contributed by atoms with Crippen molar-refractivity contribution in [1.82, 2.24) is 4.57 Å². The molecule has 0 aliphatic carbocycles. The predicted octanol–water partition coefficient (Wildman–Crippen LogP) is 26.0. The van der Waals surface area contributed by atoms with Crippen molar-refractivity contribution in [2.45, 2.75) is 0 Å². The van der Waals surface area contributed by atoms with Gasteiger partial charge in [-0.3, -0.25) is 0 Å². The van der Waals surface area contributed by atoms with Crippen molar-refractivity contribution < 1.29 is 8.83 Å². The molecule has 0 radical (unpaired) electrons. The molecule has 2 aliphatic rings. The highest BCUT2D eigenvalue weighted by molar-refractivity contribution is 7.00. The molecule has 5 nitrogen and oxygen atoms in total. The van der Waals surface area contributed by atoms with Gasteiger partial charge >= 0.3 is 0 Å². The summed E-state index contributed by atoms with van der Waals surface area (Å²) in [5.74, 6) is 0. The Hall–Kier alpha value is -14.2. The number of fused-ring (bicyclic) bond motifs is 13. The molecule has 108 heavy (non-hydrogen) atoms. The van der Waals surface area contributed by atoms with Gasteiger partial charge in [-0.1, -0.05) is 303 Å². The van der Waals surface area contributed by atoms with Crippen molar-refractivity contribution >= 4 is 123 Å². The zero-order valence-corrected chi connectivity index (χ0v) is 58.7. The molecular formula is C102H64BN3O2. The number of furan rings is 2. The van der Waals surface area contributed by atoms with Gasteiger partial charge in [0.25, 0.3) is 6.71 Å². The summed E-state index contributed by atoms with van der Waals surface area (Å²) < 4.78 is 15.6. The molecule has 0 unspecified atom stereocenters. The Morgan fingerprint density at radius 1 is 0.204 bits per heavy atom. The summed E-state index contributed by atoms with van der Waals surface area (Å²) >= 11 is 0. The number of anilines is 6. The average Bonchev–Trinajstić information content (AvgIpc) is 0.742. The Balaban J connectivity index is 0.912. The highest BCUT2D eigenvalue weighted by Crippen LogP contribution is 2.55. The fourth-order valence-electron chi connectivity index (χ4n) is 17.6. The molecule has 22 rings (SSSR count). The average molecular weight is 1370 g/mol. The van der Waals surface area contributed by atoms with Crippen LogP contribution in [0.1, 0.15) is 0 Å². The molecule has 20 aromatic rings. The van der Waals surface area contributed by atoms with E-state index >= 15 is 0 Å². The number of hydrogen-bond donors (Lipinski definition) is 0. The molecule has 0 bridgehead atoms. The van der Waals surface area contributed by atoms with Gasteiger partial charge in [0.2, 0.25) is 0 Å². The monoisotopic (exact) mass is 1370 g/mol. The van der Waals surface area contributed by atoms with Crippen LogP contribution in [0.3, 0.4) is 0 Å². The second-order valence-corrected chi connectivity index (χ2v) is 28.6. The van der Waals surface area contributed by atoms with E-state index in [-0.39, 0.29) is 6.71 Å². The van der Waals surface area contributed by atoms with E-state index in [9.17, 15) is 0 Å². The lowest BCUT2D eigenvalue weighted by Crippen LogP contribution is -2.61. The maximum absolute atomic E-state index is 6.54. The van der Waals surface area contributed by atoms with Gasteiger partial charge in [-0.2, -0.15) is 0 Å². The van der Waals surface area contributed by atoms with Crippen LogP contribution in [-0.4, -0.2) is 11.3 Å². The van der Waals surface area contributed by atoms with E-state index in [1.807, 2.05) is 0 Å². The number of rotatable bonds is 11. The van der Waals surface area contributed by atoms with Gasteiger partial charge in [-0.15, -0.1) is 0 Å². The Morgan fingerprint density at radius 3 is 0.898 bits per heavy atom. The molecule has 2 aliphatic heterocycles. The van der Waals surface area contributed by atoms with Crippen molar-refractivity contribution in [1.29, 1.82) is 0 Å². The first-order chi connectivity index (χ1) is 53.6. The fraction of sp³-hybridized carbons (Fsp3) is 0. The number of benzene rings is 17. The quantitative estimate of drug-likeness (QED) is 0.121. The summed E-state index contributed by atoms with van der Waals surface area (Å²) in [4.78, 5) is 5.35. The van der Waals surface area contributed by atoms with Crippen LogP contribution in [0.2, 0.25) is 0 Å². The van der Waals surface area contributed by atoms with E-state index < -0.39 is 0 Å². The van der Waals surface area contributed by atoms with Crippen LogP contribution < -0.4 is 26.2 Å². The minimum atomic E-state index is -0.293. The number of nitrogens with zero attached hydrogens (tertiary/aromatic N) is 3. The molecule has 0 atom stereocenters. The Morgan fingerprint density at radius 2 is 0.509 bits per heavy atom. The standard InChI is InChI=1S/C102H64BN3O2/c1-7-25-65(26-8-1)71-47-53-90-84(57-71)85-58-72(66-27-9-2-10-28-66)48-54-91(85)104(90)77-63-94-100-95(64-77)106(102-80(69-33-15-5-16-34-69)41-24-42-81(102)70-35-17-6-18-36-70)93-62-76(74-50-56-99-87(60-74)83-38-20-22-44-97(83)108-99)46-52-89(93)103(100)88-51-45-75(73-49-55-98-86(59-73)82-37-19-21-43-96(82)107-98)61-92(88)105(94)101-78(67-29-11-3-12-30-67)39-23-40-79(101)68-31-13-4-14-32-68/h1-64H. The topological polar surface area (TPSA) is 37.7 Å². The second-order valence-electron chi connectivity index (χ2n) is 28.6. The van der Waals surface area contributed by atoms with E-state index in [2.05, 4.69) is 403 Å². The lowest BCUT2D eigenvalue weighted by Gasteiger charge is -2.46. The van der Waals surface area contributed by atoms with Crippen LogP contribution in [0.15, 0.2) is 397 Å². The maximum Gasteiger partial charge on any atom is 0.252 e. The molecule has 0 fully saturated rings. The summed E-state index contributed by atoms with van der Waals surface area (Å²) in [6.45, 7) is -0.293. The number of aromatic nitrogens is 1. The Bertz CT molecular complexity index is 6460. The molecule has 3 aromatic heterocycles. The third kappa shape index (κ3) is 9.81. The van der Waals surface area contributed by atoms with E-state index in [1.165, 1.54) is 38.3 Å². The first kappa shape index (κ1) is 61.3. The van der Waals surface area contributed by atoms with Crippen LogP contribution in [0.5, 0.6) is 0 Å². The zero-order valence-electron chi connectivity index (χ0n) is 58.7. The van der Waals surface area contributed by atoms with Gasteiger partial charge in [-0.05, 0) is 168 Å². The predicted molar refractivity (Wildman–Crippen MR) is 453 cm³/mol. The van der Waals surface area contributed by atoms with Crippen molar-refractivity contribution in [3.05, 3.63) is 388 Å². The van der Waals surface area contributed by atoms with Crippen molar-refractivity contribution in [3.63, 3.8) is 0 Å². The Kier molecular flexibility index (Phi) is 14.0. The van der Waals surface area contributed by atoms with Gasteiger partial charge < -0.3 is 23.2 Å². The van der Waals surface area contributed by atoms with Crippen LogP contribution in [0.25, 0.3) is 160 Å². The highest BCUT2D eigenvalue weighted by atomic mass is 16.3. The molecule has 6 heteroatoms. The number of para-hydroxylation sites is 4. The van der Waals surface area contributed by atoms with Crippen molar-refractivity contribution in [2.75, 3.05) is 9.80 Å². The van der Waals surface area contributed by atoms with Crippen LogP contribution in [0.4, 0.5) is 34.1 Å². The third-order valence-electron chi connectivity index (χ3n) is 22.6. The van der Waals surface area contributed by atoms with E-state index in [0.717, 1.165) is 173 Å². The van der Waals surface area contributed by atoms with Gasteiger partial charge in [0.1, 0.15) is 22.3 Å². The van der Waals surface area contributed by atoms with E-state index in [0.29, 0.717) is 0 Å². The third-order valence-corrected chi connectivity index (χ3v) is 22.6. The summed E-state index contributed by atoms with van der Waals surface area (Å²) in [5, 5.41) is 6.68. The van der Waals surface area contributed by atoms with Crippen LogP contribution >= 0.6 is 0 Å². The maximum atomic E-state index is 6.54. The first-order valence-corrected chi connectivity index (χ1v) is 37.1. The molecule has 0 amide bonds. The fourth-order valence-corrected chi connectivity index (χ4v) is 17.6. The molecule has 0 spiro atoms. The summed E-state index contributed by atoms with van der Waals surface area (Å²) in [5.41, 5.74) is 34.6. The molecule has 0 saturated heterocycles. The molecular weight excluding hydrogens is 1310 g/mol. The molecule has 5 heterocycles. The smallest absolute Gasteiger partial charge is 0.252 e. The molecule has 502 valence electrons. The highest BCUT2D eigenvalue weighted by Gasteiger charge is 2.46. The summed E-state index contributed by atoms with van der Waals surface area (Å²) in [6.07, 6.45) is 0. The zero-order chi connectivity index (χ0) is 70.9. The second kappa shape index (κ2) is 24.7. The van der Waals surface area contributed by atoms with Gasteiger partial charge in [0, 0.05) is 77.3 Å². The molecule has 0 saturated carbocycles. The van der Waals surface area contributed by atoms with Crippen LogP contribution in [-0.2, 0) is 0 Å². The largest absolute Gasteiger partial charge is 0.456 e. The molecule has 17 aromatic carbocycles. The van der Waals surface area contributed by atoms with Gasteiger partial charge in [0.05, 0.1) is 28.1 Å². The SMILES string of the molecule is c1ccc(-c2ccc3c(c2)c2cc(-c4ccccc4)ccc2n3-c2cc3c4c(c2)N(c2c(-c5ccccc5)cccc2-c2ccccc2)c2cc(-c5ccc6oc7ccccc7c6c5)ccc2B4c2ccc(-c4ccc5oc6ccccc6c5c4)cc2N3c2c(-c3ccccc3)cccc2-c2ccccc2)cc1. The van der Waals surface area contributed by atoms with Gasteiger partial charge in [-0.25, -0.2) is 0 Å². The summed E-state index contributed by atoms with van der Waals surface area (Å²) in [6, 6.07) is 144. The van der Waals surface area contributed by atoms with Crippen molar-refractivity contribution in [3.8, 4) is 94.7 Å². The summed E-state index contributed by atoms with van der Waals surface area (Å²) in [7, 11) is 0. The lowest BCUT2D eigenvalue weighted by molar-refractivity contribution is 0.668. The number of hydrogen-bond acceptors (Lipinski definition) is 4. The molecule has 0 N–H and O–H groups in total. The van der Waals surface area contributed by atoms with Gasteiger partial charge in [0.15, 0.2) is 0 Å². The van der Waals surface area contributed by atoms with E-state index in [1.54, 1.807) is 0 Å². The normalized spacial score (nSPS) is 12.4. The van der Waals surface area contributed by atoms with Crippen molar-refractivity contribution in [2.24, 2.45) is 0 Å². The Labute approximate surface area is 625 Å². The first-order valence-electron chi connectivity index (χ1n) is 37.1. The minimum Gasteiger partial charge on any atom is -0.456 e. The lowest BCUT2D eigenvalue weighted by atomic mass is 9.33. The van der Waals surface area contributed by atoms with E-state index in [4.69, 9.17) is 8.83 Å².